The Morgan fingerprint density at radius 3 is 2.33 bits per heavy atom. The Labute approximate surface area is 116 Å². The van der Waals surface area contributed by atoms with Gasteiger partial charge in [-0.1, -0.05) is 53.0 Å². The predicted octanol–water partition coefficient (Wildman–Crippen LogP) is 3.72. The lowest BCUT2D eigenvalue weighted by atomic mass is 10.1. The Kier molecular flexibility index (Phi) is 4.09. The van der Waals surface area contributed by atoms with Gasteiger partial charge in [-0.3, -0.25) is 4.79 Å². The molecule has 0 aromatic carbocycles. The fraction of sp³-hybridized carbons (Fsp3) is 0.889. The van der Waals surface area contributed by atoms with Gasteiger partial charge < -0.3 is 4.74 Å². The summed E-state index contributed by atoms with van der Waals surface area (Å²) < 4.78 is 3.67. The number of methoxy groups -OCH3 is 1. The van der Waals surface area contributed by atoms with E-state index in [0.717, 1.165) is 0 Å². The van der Waals surface area contributed by atoms with Crippen LogP contribution < -0.4 is 0 Å². The molecule has 0 spiro atoms. The monoisotopic (exact) mass is 380 g/mol. The molecule has 0 heterocycles. The zero-order chi connectivity index (χ0) is 12.0. The highest BCUT2D eigenvalue weighted by atomic mass is 79.9. The molecular weight excluding hydrogens is 371 g/mol. The van der Waals surface area contributed by atoms with Gasteiger partial charge in [-0.25, -0.2) is 0 Å². The maximum atomic E-state index is 11.5. The van der Waals surface area contributed by atoms with Crippen molar-refractivity contribution in [2.24, 2.45) is 17.3 Å². The molecule has 0 aromatic heterocycles. The highest BCUT2D eigenvalue weighted by Gasteiger charge is 2.67. The molecule has 2 nitrogen and oxygen atoms in total. The number of halogens is 4. The van der Waals surface area contributed by atoms with Crippen LogP contribution in [0.3, 0.4) is 0 Å². The lowest BCUT2D eigenvalue weighted by Gasteiger charge is -2.19. The first-order valence-electron chi connectivity index (χ1n) is 4.42. The van der Waals surface area contributed by atoms with Crippen molar-refractivity contribution in [2.45, 2.75) is 21.9 Å². The van der Waals surface area contributed by atoms with Gasteiger partial charge in [-0.15, -0.1) is 0 Å². The summed E-state index contributed by atoms with van der Waals surface area (Å²) >= 11 is 18.5. The van der Waals surface area contributed by atoms with Crippen LogP contribution >= 0.6 is 55.1 Å². The van der Waals surface area contributed by atoms with Crippen molar-refractivity contribution in [3.8, 4) is 0 Å². The zero-order valence-electron chi connectivity index (χ0n) is 8.56. The summed E-state index contributed by atoms with van der Waals surface area (Å²) in [6, 6.07) is 0. The minimum absolute atomic E-state index is 0.0688. The van der Waals surface area contributed by atoms with Crippen LogP contribution in [0.15, 0.2) is 0 Å². The van der Waals surface area contributed by atoms with E-state index >= 15 is 0 Å². The molecule has 3 atom stereocenters. The molecule has 1 fully saturated rings. The van der Waals surface area contributed by atoms with E-state index in [0.29, 0.717) is 0 Å². The molecular formula is C9H12Br2Cl2O2. The predicted molar refractivity (Wildman–Crippen MR) is 68.9 cm³/mol. The number of hydrogen-bond acceptors (Lipinski definition) is 2. The van der Waals surface area contributed by atoms with E-state index in [2.05, 4.69) is 31.9 Å². The van der Waals surface area contributed by atoms with Gasteiger partial charge in [0.05, 0.1) is 17.9 Å². The topological polar surface area (TPSA) is 26.3 Å². The Hall–Kier alpha value is 1.01. The second-order valence-corrected chi connectivity index (χ2v) is 8.83. The molecule has 0 aromatic rings. The van der Waals surface area contributed by atoms with Crippen molar-refractivity contribution in [1.29, 1.82) is 0 Å². The fourth-order valence-electron chi connectivity index (χ4n) is 2.00. The van der Waals surface area contributed by atoms with Crippen LogP contribution in [-0.4, -0.2) is 21.1 Å². The average molecular weight is 383 g/mol. The van der Waals surface area contributed by atoms with Crippen molar-refractivity contribution < 1.29 is 9.53 Å². The van der Waals surface area contributed by atoms with Gasteiger partial charge in [-0.05, 0) is 27.3 Å². The minimum atomic E-state index is -1.07. The molecule has 0 radical (unpaired) electrons. The van der Waals surface area contributed by atoms with Gasteiger partial charge in [0.25, 0.3) is 0 Å². The van der Waals surface area contributed by atoms with E-state index in [-0.39, 0.29) is 28.0 Å². The van der Waals surface area contributed by atoms with Crippen LogP contribution in [0.5, 0.6) is 0 Å². The summed E-state index contributed by atoms with van der Waals surface area (Å²) in [5, 5.41) is 0. The van der Waals surface area contributed by atoms with Crippen LogP contribution in [0.25, 0.3) is 0 Å². The Morgan fingerprint density at radius 1 is 1.53 bits per heavy atom. The molecule has 1 saturated carbocycles. The number of carbonyl (C=O) groups is 1. The van der Waals surface area contributed by atoms with E-state index in [4.69, 9.17) is 27.9 Å². The second-order valence-electron chi connectivity index (χ2n) is 4.29. The number of carbonyl (C=O) groups excluding carboxylic acids is 1. The SMILES string of the molecule is COC(=O)C1C(C(Br)C(Cl)(Cl)Br)C1(C)C. The Balaban J connectivity index is 2.79. The molecule has 0 bridgehead atoms. The standard InChI is InChI=1S/C9H12Br2Cl2O2/c1-8(2)4(5(8)7(14)15-3)6(10)9(11,12)13/h4-6H,1-3H3. The summed E-state index contributed by atoms with van der Waals surface area (Å²) in [6.45, 7) is 4.00. The lowest BCUT2D eigenvalue weighted by molar-refractivity contribution is -0.143. The highest BCUT2D eigenvalue weighted by molar-refractivity contribution is 9.13. The first-order chi connectivity index (χ1) is 6.64. The van der Waals surface area contributed by atoms with Crippen molar-refractivity contribution in [2.75, 3.05) is 7.11 Å². The first-order valence-corrected chi connectivity index (χ1v) is 6.89. The zero-order valence-corrected chi connectivity index (χ0v) is 13.2. The van der Waals surface area contributed by atoms with Crippen molar-refractivity contribution in [3.63, 3.8) is 0 Å². The van der Waals surface area contributed by atoms with Gasteiger partial charge in [0.2, 0.25) is 0 Å². The Bertz CT molecular complexity index is 276. The third-order valence-corrected chi connectivity index (χ3v) is 6.36. The molecule has 6 heteroatoms. The van der Waals surface area contributed by atoms with E-state index in [1.165, 1.54) is 7.11 Å². The maximum Gasteiger partial charge on any atom is 0.309 e. The van der Waals surface area contributed by atoms with Crippen molar-refractivity contribution in [3.05, 3.63) is 0 Å². The van der Waals surface area contributed by atoms with Crippen LogP contribution in [0.1, 0.15) is 13.8 Å². The van der Waals surface area contributed by atoms with Crippen LogP contribution in [0, 0.1) is 17.3 Å². The summed E-state index contributed by atoms with van der Waals surface area (Å²) in [5.74, 6) is -0.292. The molecule has 0 aliphatic heterocycles. The molecule has 0 N–H and O–H groups in total. The van der Waals surface area contributed by atoms with Crippen LogP contribution in [-0.2, 0) is 9.53 Å². The second kappa shape index (κ2) is 4.35. The lowest BCUT2D eigenvalue weighted by Crippen LogP contribution is -2.23. The number of esters is 1. The number of alkyl halides is 4. The van der Waals surface area contributed by atoms with Gasteiger partial charge in [0.15, 0.2) is 3.24 Å². The summed E-state index contributed by atoms with van der Waals surface area (Å²) in [7, 11) is 1.39. The number of hydrogen-bond donors (Lipinski definition) is 0. The summed E-state index contributed by atoms with van der Waals surface area (Å²) in [6.07, 6.45) is 0. The van der Waals surface area contributed by atoms with Gasteiger partial charge in [0.1, 0.15) is 0 Å². The van der Waals surface area contributed by atoms with E-state index in [1.54, 1.807) is 0 Å². The summed E-state index contributed by atoms with van der Waals surface area (Å²) in [5.41, 5.74) is -0.135. The highest BCUT2D eigenvalue weighted by Crippen LogP contribution is 2.65. The number of rotatable bonds is 3. The average Bonchev–Trinajstić information content (AvgIpc) is 2.64. The Morgan fingerprint density at radius 2 is 2.00 bits per heavy atom. The first kappa shape index (κ1) is 14.1. The van der Waals surface area contributed by atoms with Crippen LogP contribution in [0.4, 0.5) is 0 Å². The number of ether oxygens (including phenoxy) is 1. The van der Waals surface area contributed by atoms with Gasteiger partial charge in [0, 0.05) is 0 Å². The molecule has 1 rings (SSSR count). The largest absolute Gasteiger partial charge is 0.469 e. The smallest absolute Gasteiger partial charge is 0.309 e. The minimum Gasteiger partial charge on any atom is -0.469 e. The normalized spacial score (nSPS) is 30.9. The van der Waals surface area contributed by atoms with E-state index in [9.17, 15) is 4.79 Å². The molecule has 88 valence electrons. The van der Waals surface area contributed by atoms with E-state index in [1.807, 2.05) is 13.8 Å². The van der Waals surface area contributed by atoms with E-state index < -0.39 is 3.24 Å². The van der Waals surface area contributed by atoms with Crippen molar-refractivity contribution >= 4 is 61.0 Å². The van der Waals surface area contributed by atoms with Gasteiger partial charge in [-0.2, -0.15) is 0 Å². The third-order valence-electron chi connectivity index (χ3n) is 2.99. The molecule has 0 amide bonds. The van der Waals surface area contributed by atoms with Crippen molar-refractivity contribution in [1.82, 2.24) is 0 Å². The van der Waals surface area contributed by atoms with Crippen LogP contribution in [0.2, 0.25) is 0 Å². The molecule has 1 aliphatic rings. The molecule has 15 heavy (non-hydrogen) atoms. The third kappa shape index (κ3) is 2.64. The molecule has 0 saturated heterocycles. The quantitative estimate of drug-likeness (QED) is 0.549. The van der Waals surface area contributed by atoms with Gasteiger partial charge >= 0.3 is 5.97 Å². The maximum absolute atomic E-state index is 11.5. The molecule has 1 aliphatic carbocycles. The summed E-state index contributed by atoms with van der Waals surface area (Å²) in [4.78, 5) is 11.3. The fourth-order valence-corrected chi connectivity index (χ4v) is 3.55. The molecule has 3 unspecified atom stereocenters.